The number of carbonyl (C=O) groups is 3. The highest BCUT2D eigenvalue weighted by atomic mass is 16.4. The number of hydrogen-bond acceptors (Lipinski definition) is 4. The molecule has 2 rings (SSSR count). The Labute approximate surface area is 186 Å². The molecule has 0 aromatic rings. The normalized spacial score (nSPS) is 24.1. The van der Waals surface area contributed by atoms with Crippen molar-refractivity contribution in [3.8, 4) is 0 Å². The smallest absolute Gasteiger partial charge is 0.326 e. The molecule has 8 heteroatoms. The number of amides is 3. The van der Waals surface area contributed by atoms with Crippen LogP contribution in [0, 0.1) is 11.8 Å². The minimum Gasteiger partial charge on any atom is -0.480 e. The summed E-state index contributed by atoms with van der Waals surface area (Å²) < 4.78 is 0. The van der Waals surface area contributed by atoms with Crippen molar-refractivity contribution < 1.29 is 19.5 Å². The van der Waals surface area contributed by atoms with E-state index in [0.29, 0.717) is 44.1 Å². The third kappa shape index (κ3) is 9.05. The van der Waals surface area contributed by atoms with Gasteiger partial charge in [0.25, 0.3) is 0 Å². The molecule has 8 nitrogen and oxygen atoms in total. The van der Waals surface area contributed by atoms with E-state index < -0.39 is 24.1 Å². The van der Waals surface area contributed by atoms with Crippen molar-refractivity contribution >= 4 is 17.9 Å². The van der Waals surface area contributed by atoms with Crippen LogP contribution in [0.25, 0.3) is 0 Å². The number of carbonyl (C=O) groups excluding carboxylic acids is 2. The van der Waals surface area contributed by atoms with Gasteiger partial charge in [-0.3, -0.25) is 4.79 Å². The van der Waals surface area contributed by atoms with Crippen LogP contribution in [0.3, 0.4) is 0 Å². The number of aliphatic carboxylic acids is 1. The van der Waals surface area contributed by atoms with Gasteiger partial charge in [0.05, 0.1) is 0 Å². The van der Waals surface area contributed by atoms with Gasteiger partial charge in [0.15, 0.2) is 0 Å². The summed E-state index contributed by atoms with van der Waals surface area (Å²) in [5, 5.41) is 17.9. The van der Waals surface area contributed by atoms with Gasteiger partial charge < -0.3 is 26.8 Å². The fourth-order valence-corrected chi connectivity index (χ4v) is 4.91. The van der Waals surface area contributed by atoms with Crippen molar-refractivity contribution in [1.82, 2.24) is 16.0 Å². The SMILES string of the molecule is CC1CCCC[C@H]1NC(=O)C(CC1CCCCC1)NC(=O)N[C@@H](CCCCN)C(=O)O. The van der Waals surface area contributed by atoms with Crippen LogP contribution in [-0.2, 0) is 9.59 Å². The molecular formula is C23H42N4O4. The Morgan fingerprint density at radius 3 is 2.23 bits per heavy atom. The fraction of sp³-hybridized carbons (Fsp3) is 0.870. The number of nitrogens with two attached hydrogens (primary N) is 1. The van der Waals surface area contributed by atoms with Crippen molar-refractivity contribution in [3.63, 3.8) is 0 Å². The van der Waals surface area contributed by atoms with Crippen LogP contribution in [-0.4, -0.2) is 47.7 Å². The Morgan fingerprint density at radius 1 is 0.935 bits per heavy atom. The molecule has 3 amide bonds. The van der Waals surface area contributed by atoms with Crippen molar-refractivity contribution in [3.05, 3.63) is 0 Å². The predicted octanol–water partition coefficient (Wildman–Crippen LogP) is 2.90. The molecule has 0 radical (unpaired) electrons. The average Bonchev–Trinajstić information content (AvgIpc) is 2.75. The molecule has 2 aliphatic rings. The van der Waals surface area contributed by atoms with Crippen LogP contribution < -0.4 is 21.7 Å². The molecular weight excluding hydrogens is 396 g/mol. The second kappa shape index (κ2) is 13.6. The molecule has 0 aliphatic heterocycles. The highest BCUT2D eigenvalue weighted by molar-refractivity contribution is 5.89. The van der Waals surface area contributed by atoms with E-state index in [0.717, 1.165) is 44.9 Å². The highest BCUT2D eigenvalue weighted by Gasteiger charge is 2.30. The lowest BCUT2D eigenvalue weighted by molar-refractivity contribution is -0.139. The van der Waals surface area contributed by atoms with Crippen LogP contribution in [0.2, 0.25) is 0 Å². The molecule has 178 valence electrons. The van der Waals surface area contributed by atoms with Gasteiger partial charge in [0.1, 0.15) is 12.1 Å². The first kappa shape index (κ1) is 25.4. The minimum absolute atomic E-state index is 0.142. The third-order valence-electron chi connectivity index (χ3n) is 6.91. The number of carboxylic acids is 1. The van der Waals surface area contributed by atoms with E-state index in [-0.39, 0.29) is 11.9 Å². The Morgan fingerprint density at radius 2 is 1.58 bits per heavy atom. The summed E-state index contributed by atoms with van der Waals surface area (Å²) in [7, 11) is 0. The van der Waals surface area contributed by atoms with E-state index in [2.05, 4.69) is 22.9 Å². The van der Waals surface area contributed by atoms with E-state index in [1.54, 1.807) is 0 Å². The fourth-order valence-electron chi connectivity index (χ4n) is 4.91. The van der Waals surface area contributed by atoms with E-state index in [1.807, 2.05) is 0 Å². The van der Waals surface area contributed by atoms with Crippen LogP contribution in [0.4, 0.5) is 4.79 Å². The van der Waals surface area contributed by atoms with Crippen LogP contribution in [0.1, 0.15) is 90.4 Å². The molecule has 0 bridgehead atoms. The average molecular weight is 439 g/mol. The lowest BCUT2D eigenvalue weighted by Gasteiger charge is -2.32. The number of hydrogen-bond donors (Lipinski definition) is 5. The molecule has 0 saturated heterocycles. The molecule has 4 atom stereocenters. The second-order valence-electron chi connectivity index (χ2n) is 9.46. The standard InChI is InChI=1S/C23H42N4O4/c1-16-9-5-6-12-18(16)25-21(28)20(15-17-10-3-2-4-11-17)27-23(31)26-19(22(29)30)13-7-8-14-24/h16-20H,2-15,24H2,1H3,(H,25,28)(H,29,30)(H2,26,27,31)/t16?,18-,19+,20?/m1/s1. The molecule has 31 heavy (non-hydrogen) atoms. The first-order valence-electron chi connectivity index (χ1n) is 12.2. The maximum absolute atomic E-state index is 13.1. The van der Waals surface area contributed by atoms with Crippen molar-refractivity contribution in [2.45, 2.75) is 109 Å². The van der Waals surface area contributed by atoms with E-state index in [9.17, 15) is 19.5 Å². The van der Waals surface area contributed by atoms with E-state index in [1.165, 1.54) is 12.8 Å². The summed E-state index contributed by atoms with van der Waals surface area (Å²) in [5.74, 6) is -0.375. The van der Waals surface area contributed by atoms with Gasteiger partial charge in [0, 0.05) is 6.04 Å². The van der Waals surface area contributed by atoms with E-state index in [4.69, 9.17) is 5.73 Å². The Hall–Kier alpha value is -1.83. The lowest BCUT2D eigenvalue weighted by atomic mass is 9.83. The zero-order valence-electron chi connectivity index (χ0n) is 19.0. The summed E-state index contributed by atoms with van der Waals surface area (Å²) in [5.41, 5.74) is 5.48. The van der Waals surface area contributed by atoms with Crippen molar-refractivity contribution in [2.24, 2.45) is 17.6 Å². The van der Waals surface area contributed by atoms with Crippen LogP contribution >= 0.6 is 0 Å². The number of carboxylic acid groups (broad SMARTS) is 1. The lowest BCUT2D eigenvalue weighted by Crippen LogP contribution is -2.56. The molecule has 0 spiro atoms. The van der Waals surface area contributed by atoms with Gasteiger partial charge in [-0.15, -0.1) is 0 Å². The number of nitrogens with one attached hydrogen (secondary N) is 3. The Balaban J connectivity index is 1.97. The van der Waals surface area contributed by atoms with Gasteiger partial charge in [-0.25, -0.2) is 9.59 Å². The Kier molecular flexibility index (Phi) is 11.1. The van der Waals surface area contributed by atoms with Gasteiger partial charge in [-0.05, 0) is 56.9 Å². The summed E-state index contributed by atoms with van der Waals surface area (Å²) in [6.07, 6.45) is 12.3. The molecule has 0 heterocycles. The molecule has 0 aromatic heterocycles. The zero-order valence-corrected chi connectivity index (χ0v) is 19.0. The summed E-state index contributed by atoms with van der Waals surface area (Å²) in [6.45, 7) is 2.65. The zero-order chi connectivity index (χ0) is 22.6. The maximum Gasteiger partial charge on any atom is 0.326 e. The van der Waals surface area contributed by atoms with Gasteiger partial charge in [-0.1, -0.05) is 51.9 Å². The molecule has 2 aliphatic carbocycles. The predicted molar refractivity (Wildman–Crippen MR) is 121 cm³/mol. The van der Waals surface area contributed by atoms with Crippen LogP contribution in [0.15, 0.2) is 0 Å². The van der Waals surface area contributed by atoms with Gasteiger partial charge in [0.2, 0.25) is 5.91 Å². The second-order valence-corrected chi connectivity index (χ2v) is 9.46. The summed E-state index contributed by atoms with van der Waals surface area (Å²) in [4.78, 5) is 37.2. The summed E-state index contributed by atoms with van der Waals surface area (Å²) in [6, 6.07) is -2.07. The molecule has 2 unspecified atom stereocenters. The molecule has 6 N–H and O–H groups in total. The molecule has 2 fully saturated rings. The van der Waals surface area contributed by atoms with E-state index >= 15 is 0 Å². The summed E-state index contributed by atoms with van der Waals surface area (Å²) >= 11 is 0. The number of unbranched alkanes of at least 4 members (excludes halogenated alkanes) is 1. The van der Waals surface area contributed by atoms with Crippen molar-refractivity contribution in [2.75, 3.05) is 6.54 Å². The first-order valence-corrected chi connectivity index (χ1v) is 12.2. The van der Waals surface area contributed by atoms with Gasteiger partial charge >= 0.3 is 12.0 Å². The Bertz CT molecular complexity index is 580. The topological polar surface area (TPSA) is 134 Å². The number of rotatable bonds is 11. The minimum atomic E-state index is -1.07. The highest BCUT2D eigenvalue weighted by Crippen LogP contribution is 2.28. The molecule has 0 aromatic carbocycles. The molecule has 2 saturated carbocycles. The van der Waals surface area contributed by atoms with Gasteiger partial charge in [-0.2, -0.15) is 0 Å². The monoisotopic (exact) mass is 438 g/mol. The quantitative estimate of drug-likeness (QED) is 0.316. The third-order valence-corrected chi connectivity index (χ3v) is 6.91. The maximum atomic E-state index is 13.1. The van der Waals surface area contributed by atoms with Crippen molar-refractivity contribution in [1.29, 1.82) is 0 Å². The number of urea groups is 1. The largest absolute Gasteiger partial charge is 0.480 e. The first-order chi connectivity index (χ1) is 14.9. The van der Waals surface area contributed by atoms with Crippen LogP contribution in [0.5, 0.6) is 0 Å².